The number of rotatable bonds is 0. The summed E-state index contributed by atoms with van der Waals surface area (Å²) in [7, 11) is 0. The molecule has 0 bridgehead atoms. The van der Waals surface area contributed by atoms with Gasteiger partial charge in [-0.05, 0) is 12.1 Å². The number of nitrogens with zero attached hydrogens (tertiary/aromatic N) is 2. The van der Waals surface area contributed by atoms with Crippen molar-refractivity contribution in [2.24, 2.45) is 4.99 Å². The van der Waals surface area contributed by atoms with E-state index < -0.39 is 12.1 Å². The molecule has 1 fully saturated rings. The molecule has 23 heavy (non-hydrogen) atoms. The second-order valence-corrected chi connectivity index (χ2v) is 5.28. The highest BCUT2D eigenvalue weighted by Gasteiger charge is 2.29. The fourth-order valence-corrected chi connectivity index (χ4v) is 2.25. The van der Waals surface area contributed by atoms with E-state index in [0.29, 0.717) is 0 Å². The van der Waals surface area contributed by atoms with E-state index in [-0.39, 0.29) is 0 Å². The quantitative estimate of drug-likeness (QED) is 0.631. The van der Waals surface area contributed by atoms with Crippen molar-refractivity contribution in [3.05, 3.63) is 23.2 Å². The Morgan fingerprint density at radius 1 is 1.35 bits per heavy atom. The highest BCUT2D eigenvalue weighted by atomic mass is 35.5. The molecule has 0 unspecified atom stereocenters. The van der Waals surface area contributed by atoms with Crippen molar-refractivity contribution in [3.8, 4) is 0 Å². The molecule has 3 N–H and O–H groups in total. The van der Waals surface area contributed by atoms with Gasteiger partial charge in [-0.15, -0.1) is 0 Å². The van der Waals surface area contributed by atoms with Gasteiger partial charge in [-0.1, -0.05) is 11.6 Å². The highest BCUT2D eigenvalue weighted by molar-refractivity contribution is 6.31. The van der Waals surface area contributed by atoms with Crippen LogP contribution in [0.2, 0.25) is 5.02 Å². The van der Waals surface area contributed by atoms with Crippen LogP contribution in [0.3, 0.4) is 0 Å². The lowest BCUT2D eigenvalue weighted by molar-refractivity contribution is -0.450. The van der Waals surface area contributed by atoms with E-state index in [4.69, 9.17) is 21.5 Å². The molecule has 0 radical (unpaired) electrons. The summed E-state index contributed by atoms with van der Waals surface area (Å²) in [6.45, 7) is 4.11. The number of aliphatic carboxylic acids is 1. The summed E-state index contributed by atoms with van der Waals surface area (Å²) in [5, 5.41) is 15.0. The fourth-order valence-electron chi connectivity index (χ4n) is 2.09. The van der Waals surface area contributed by atoms with E-state index in [0.717, 1.165) is 48.5 Å². The summed E-state index contributed by atoms with van der Waals surface area (Å²) in [6, 6.07) is 5.85. The molecule has 1 aromatic carbocycles. The van der Waals surface area contributed by atoms with Crippen molar-refractivity contribution in [1.82, 2.24) is 10.2 Å². The smallest absolute Gasteiger partial charge is 0.430 e. The monoisotopic (exact) mass is 350 g/mol. The molecule has 2 aliphatic heterocycles. The first-order chi connectivity index (χ1) is 10.8. The molecular formula is C13H14ClF3N4O2. The normalized spacial score (nSPS) is 17.0. The van der Waals surface area contributed by atoms with E-state index in [1.54, 1.807) is 0 Å². The van der Waals surface area contributed by atoms with Crippen molar-refractivity contribution in [3.63, 3.8) is 0 Å². The second-order valence-electron chi connectivity index (χ2n) is 4.84. The van der Waals surface area contributed by atoms with Crippen molar-refractivity contribution in [2.75, 3.05) is 26.2 Å². The zero-order valence-electron chi connectivity index (χ0n) is 11.9. The van der Waals surface area contributed by atoms with Crippen molar-refractivity contribution < 1.29 is 28.4 Å². The topological polar surface area (TPSA) is 84.4 Å². The summed E-state index contributed by atoms with van der Waals surface area (Å²) in [4.78, 5) is 15.7. The molecular weight excluding hydrogens is 337 g/mol. The van der Waals surface area contributed by atoms with Crippen LogP contribution >= 0.6 is 11.6 Å². The van der Waals surface area contributed by atoms with E-state index in [9.17, 15) is 13.2 Å². The zero-order chi connectivity index (χ0) is 17.0. The molecule has 2 heterocycles. The van der Waals surface area contributed by atoms with Crippen LogP contribution in [-0.4, -0.2) is 49.2 Å². The minimum Gasteiger partial charge on any atom is -0.542 e. The molecule has 10 heteroatoms. The highest BCUT2D eigenvalue weighted by Crippen LogP contribution is 2.27. The predicted octanol–water partition coefficient (Wildman–Crippen LogP) is -0.260. The van der Waals surface area contributed by atoms with Crippen LogP contribution in [0.15, 0.2) is 23.2 Å². The Labute approximate surface area is 134 Å². The lowest BCUT2D eigenvalue weighted by Gasteiger charge is -2.25. The number of carbonyl (C=O) groups is 1. The molecule has 0 amide bonds. The number of nitrogens with two attached hydrogens (primary N) is 1. The number of piperazine rings is 1. The number of alkyl halides is 3. The number of carboxylic acids is 1. The van der Waals surface area contributed by atoms with Gasteiger partial charge in [0.25, 0.3) is 0 Å². The van der Waals surface area contributed by atoms with Crippen molar-refractivity contribution in [1.29, 1.82) is 0 Å². The Bertz CT molecular complexity index is 616. The Kier molecular flexibility index (Phi) is 5.45. The molecule has 0 spiro atoms. The summed E-state index contributed by atoms with van der Waals surface area (Å²) in [5.74, 6) is -1.94. The minimum atomic E-state index is -5.19. The average molecular weight is 351 g/mol. The van der Waals surface area contributed by atoms with Crippen LogP contribution in [-0.2, 0) is 4.79 Å². The number of guanidine groups is 1. The number of hydrogen-bond donors (Lipinski definition) is 2. The lowest BCUT2D eigenvalue weighted by Crippen LogP contribution is -2.85. The van der Waals surface area contributed by atoms with Crippen LogP contribution in [0, 0.1) is 0 Å². The number of quaternary nitrogens is 1. The van der Waals surface area contributed by atoms with Gasteiger partial charge in [0.2, 0.25) is 0 Å². The average Bonchev–Trinajstić information content (AvgIpc) is 2.91. The minimum absolute atomic E-state index is 0.748. The van der Waals surface area contributed by atoms with Gasteiger partial charge in [-0.25, -0.2) is 5.32 Å². The van der Waals surface area contributed by atoms with Crippen LogP contribution in [0.1, 0.15) is 0 Å². The summed E-state index contributed by atoms with van der Waals surface area (Å²) in [5.41, 5.74) is 2.15. The van der Waals surface area contributed by atoms with E-state index in [1.165, 1.54) is 0 Å². The third-order valence-corrected chi connectivity index (χ3v) is 3.42. The summed E-state index contributed by atoms with van der Waals surface area (Å²) in [6.07, 6.45) is -5.19. The molecule has 1 aromatic rings. The van der Waals surface area contributed by atoms with Crippen LogP contribution in [0.4, 0.5) is 24.5 Å². The van der Waals surface area contributed by atoms with Crippen LogP contribution in [0.25, 0.3) is 0 Å². The standard InChI is InChI=1S/C11H13ClN4.C2HF3O2/c12-8-1-2-9-10(7-8)15-11(14-9)16-5-3-13-4-6-16;3-2(4,5)1(6)7/h1-2,7,13H,3-6H2,(H,14,15);(H,6,7). The maximum absolute atomic E-state index is 10.5. The molecule has 0 aliphatic carbocycles. The van der Waals surface area contributed by atoms with Gasteiger partial charge in [-0.3, -0.25) is 0 Å². The number of carbonyl (C=O) groups excluding carboxylic acids is 1. The molecule has 3 rings (SSSR count). The fraction of sp³-hybridized carbons (Fsp3) is 0.385. The first kappa shape index (κ1) is 17.5. The van der Waals surface area contributed by atoms with Gasteiger partial charge in [0, 0.05) is 37.3 Å². The van der Waals surface area contributed by atoms with Gasteiger partial charge in [-0.2, -0.15) is 18.2 Å². The number of carboxylic acid groups (broad SMARTS) is 1. The Balaban J connectivity index is 0.000000236. The SMILES string of the molecule is Clc1ccc2c(c1)N=C(N1CCNCC1)[NH2+]2.O=C([O-])C(F)(F)F. The molecule has 0 saturated carbocycles. The third-order valence-electron chi connectivity index (χ3n) is 3.18. The zero-order valence-corrected chi connectivity index (χ0v) is 12.6. The van der Waals surface area contributed by atoms with E-state index in [2.05, 4.69) is 20.5 Å². The maximum Gasteiger partial charge on any atom is 0.430 e. The number of nitrogens with one attached hydrogen (secondary N) is 1. The molecule has 6 nitrogen and oxygen atoms in total. The largest absolute Gasteiger partial charge is 0.542 e. The Morgan fingerprint density at radius 3 is 2.52 bits per heavy atom. The first-order valence-electron chi connectivity index (χ1n) is 6.74. The Hall–Kier alpha value is -1.84. The third kappa shape index (κ3) is 4.81. The van der Waals surface area contributed by atoms with Crippen LogP contribution in [0.5, 0.6) is 0 Å². The van der Waals surface area contributed by atoms with Crippen molar-refractivity contribution >= 4 is 34.9 Å². The first-order valence-corrected chi connectivity index (χ1v) is 7.12. The molecule has 126 valence electrons. The number of halogens is 4. The maximum atomic E-state index is 10.5. The Morgan fingerprint density at radius 2 is 1.96 bits per heavy atom. The van der Waals surface area contributed by atoms with Gasteiger partial charge < -0.3 is 20.1 Å². The number of fused-ring (bicyclic) bond motifs is 1. The lowest BCUT2D eigenvalue weighted by atomic mass is 10.3. The van der Waals surface area contributed by atoms with Crippen LogP contribution < -0.4 is 15.7 Å². The number of aliphatic imine (C=N–C) groups is 1. The molecule has 0 atom stereocenters. The van der Waals surface area contributed by atoms with Gasteiger partial charge in [0.15, 0.2) is 5.69 Å². The van der Waals surface area contributed by atoms with Gasteiger partial charge >= 0.3 is 12.1 Å². The van der Waals surface area contributed by atoms with E-state index in [1.807, 2.05) is 18.2 Å². The summed E-state index contributed by atoms with van der Waals surface area (Å²) >= 11 is 5.95. The number of benzene rings is 1. The van der Waals surface area contributed by atoms with E-state index >= 15 is 0 Å². The van der Waals surface area contributed by atoms with Crippen molar-refractivity contribution in [2.45, 2.75) is 6.18 Å². The summed E-state index contributed by atoms with van der Waals surface area (Å²) < 4.78 is 31.5. The molecule has 2 aliphatic rings. The molecule has 1 saturated heterocycles. The van der Waals surface area contributed by atoms with Gasteiger partial charge in [0.05, 0.1) is 0 Å². The second kappa shape index (κ2) is 7.16. The predicted molar refractivity (Wildman–Crippen MR) is 75.6 cm³/mol. The molecule has 0 aromatic heterocycles. The number of hydrogen-bond acceptors (Lipinski definition) is 5. The van der Waals surface area contributed by atoms with Gasteiger partial charge in [0.1, 0.15) is 11.7 Å².